The number of piperidine rings is 1. The minimum absolute atomic E-state index is 0.239. The van der Waals surface area contributed by atoms with Gasteiger partial charge in [-0.15, -0.1) is 0 Å². The molecule has 32 heavy (non-hydrogen) atoms. The Labute approximate surface area is 186 Å². The van der Waals surface area contributed by atoms with E-state index in [1.165, 1.54) is 4.90 Å². The number of rotatable bonds is 4. The maximum atomic E-state index is 13.2. The second-order valence-electron chi connectivity index (χ2n) is 9.12. The summed E-state index contributed by atoms with van der Waals surface area (Å²) in [6.45, 7) is 6.40. The number of carboxylic acid groups (broad SMARTS) is 1. The molecule has 4 rings (SSSR count). The summed E-state index contributed by atoms with van der Waals surface area (Å²) in [7, 11) is 0. The predicted octanol–water partition coefficient (Wildman–Crippen LogP) is 5.57. The van der Waals surface area contributed by atoms with Gasteiger partial charge in [-0.05, 0) is 63.4 Å². The van der Waals surface area contributed by atoms with Crippen LogP contribution in [0.25, 0.3) is 22.1 Å². The minimum atomic E-state index is -0.978. The number of benzene rings is 1. The number of nitrogens with zero attached hydrogens (tertiary/aromatic N) is 2. The number of hydrogen-bond donors (Lipinski definition) is 1. The molecule has 0 aliphatic carbocycles. The van der Waals surface area contributed by atoms with Gasteiger partial charge in [0, 0.05) is 29.6 Å². The lowest BCUT2D eigenvalue weighted by Crippen LogP contribution is -2.52. The maximum Gasteiger partial charge on any atom is 0.410 e. The van der Waals surface area contributed by atoms with Crippen LogP contribution in [0, 0.1) is 0 Å². The Morgan fingerprint density at radius 2 is 2.03 bits per heavy atom. The van der Waals surface area contributed by atoms with E-state index in [-0.39, 0.29) is 19.1 Å². The number of hydrogen-bond acceptors (Lipinski definition) is 5. The van der Waals surface area contributed by atoms with Gasteiger partial charge in [0.2, 0.25) is 0 Å². The van der Waals surface area contributed by atoms with Crippen molar-refractivity contribution in [2.45, 2.75) is 51.8 Å². The molecule has 3 aromatic rings. The fraction of sp³-hybridized carbons (Fsp3) is 0.417. The number of likely N-dealkylation sites (tertiary alicyclic amines) is 1. The third kappa shape index (κ3) is 4.74. The highest BCUT2D eigenvalue weighted by atomic mass is 16.6. The van der Waals surface area contributed by atoms with Crippen LogP contribution in [0.5, 0.6) is 0 Å². The minimum Gasteiger partial charge on any atom is -0.472 e. The Morgan fingerprint density at radius 1 is 1.22 bits per heavy atom. The van der Waals surface area contributed by atoms with Gasteiger partial charge in [-0.2, -0.15) is 0 Å². The molecular formula is C24H28N2O6. The molecule has 1 aliphatic heterocycles. The highest BCUT2D eigenvalue weighted by Gasteiger charge is 2.33. The van der Waals surface area contributed by atoms with Crippen LogP contribution in [0.1, 0.15) is 39.2 Å². The molecule has 170 valence electrons. The van der Waals surface area contributed by atoms with E-state index in [1.807, 2.05) is 45.0 Å². The summed E-state index contributed by atoms with van der Waals surface area (Å²) < 4.78 is 16.7. The zero-order valence-corrected chi connectivity index (χ0v) is 18.5. The van der Waals surface area contributed by atoms with Crippen LogP contribution in [-0.2, 0) is 11.3 Å². The molecule has 1 saturated heterocycles. The molecular weight excluding hydrogens is 412 g/mol. The Bertz CT molecular complexity index is 1100. The summed E-state index contributed by atoms with van der Waals surface area (Å²) in [5.74, 6) is 0. The number of ether oxygens (including phenoxy) is 1. The van der Waals surface area contributed by atoms with Gasteiger partial charge in [0.15, 0.2) is 0 Å². The summed E-state index contributed by atoms with van der Waals surface area (Å²) in [5, 5.41) is 10.4. The number of fused-ring (bicyclic) bond motifs is 1. The van der Waals surface area contributed by atoms with Gasteiger partial charge in [0.1, 0.15) is 11.2 Å². The highest BCUT2D eigenvalue weighted by Crippen LogP contribution is 2.31. The second-order valence-corrected chi connectivity index (χ2v) is 9.12. The lowest BCUT2D eigenvalue weighted by molar-refractivity contribution is 0.00448. The molecule has 2 amide bonds. The molecule has 2 aromatic heterocycles. The molecule has 0 radical (unpaired) electrons. The van der Waals surface area contributed by atoms with Crippen LogP contribution in [0.3, 0.4) is 0 Å². The largest absolute Gasteiger partial charge is 0.472 e. The average molecular weight is 440 g/mol. The van der Waals surface area contributed by atoms with Crippen LogP contribution in [-0.4, -0.2) is 51.8 Å². The van der Waals surface area contributed by atoms with Gasteiger partial charge >= 0.3 is 12.2 Å². The molecule has 0 bridgehead atoms. The van der Waals surface area contributed by atoms with Crippen molar-refractivity contribution in [1.82, 2.24) is 9.80 Å². The molecule has 3 heterocycles. The van der Waals surface area contributed by atoms with Crippen molar-refractivity contribution in [2.75, 3.05) is 13.1 Å². The molecule has 8 heteroatoms. The Balaban J connectivity index is 1.70. The molecule has 1 N–H and O–H groups in total. The molecule has 1 unspecified atom stereocenters. The van der Waals surface area contributed by atoms with Crippen LogP contribution >= 0.6 is 0 Å². The lowest BCUT2D eigenvalue weighted by Gasteiger charge is -2.39. The maximum absolute atomic E-state index is 13.2. The number of carbonyl (C=O) groups is 2. The molecule has 0 saturated carbocycles. The summed E-state index contributed by atoms with van der Waals surface area (Å²) in [6, 6.07) is 7.45. The smallest absolute Gasteiger partial charge is 0.410 e. The highest BCUT2D eigenvalue weighted by molar-refractivity contribution is 5.86. The monoisotopic (exact) mass is 440 g/mol. The van der Waals surface area contributed by atoms with Gasteiger partial charge in [0.05, 0.1) is 31.4 Å². The van der Waals surface area contributed by atoms with Crippen LogP contribution in [0.15, 0.2) is 51.9 Å². The van der Waals surface area contributed by atoms with E-state index in [0.29, 0.717) is 25.0 Å². The lowest BCUT2D eigenvalue weighted by atomic mass is 10.0. The Morgan fingerprint density at radius 3 is 2.72 bits per heavy atom. The summed E-state index contributed by atoms with van der Waals surface area (Å²) >= 11 is 0. The molecule has 8 nitrogen and oxygen atoms in total. The number of furan rings is 2. The molecule has 1 atom stereocenters. The molecule has 1 aliphatic rings. The topological polar surface area (TPSA) is 96.4 Å². The van der Waals surface area contributed by atoms with E-state index < -0.39 is 17.8 Å². The first-order valence-electron chi connectivity index (χ1n) is 10.7. The van der Waals surface area contributed by atoms with E-state index in [4.69, 9.17) is 13.6 Å². The van der Waals surface area contributed by atoms with Crippen LogP contribution in [0.4, 0.5) is 9.59 Å². The van der Waals surface area contributed by atoms with E-state index in [2.05, 4.69) is 0 Å². The Kier molecular flexibility index (Phi) is 5.86. The summed E-state index contributed by atoms with van der Waals surface area (Å²) in [6.07, 6.45) is 4.84. The molecule has 1 fully saturated rings. The van der Waals surface area contributed by atoms with Crippen molar-refractivity contribution in [2.24, 2.45) is 0 Å². The normalized spacial score (nSPS) is 16.8. The van der Waals surface area contributed by atoms with Gasteiger partial charge < -0.3 is 23.6 Å². The second kappa shape index (κ2) is 8.61. The third-order valence-electron chi connectivity index (χ3n) is 5.56. The fourth-order valence-electron chi connectivity index (χ4n) is 4.10. The zero-order chi connectivity index (χ0) is 22.9. The third-order valence-corrected chi connectivity index (χ3v) is 5.56. The van der Waals surface area contributed by atoms with Crippen LogP contribution < -0.4 is 0 Å². The summed E-state index contributed by atoms with van der Waals surface area (Å²) in [5.41, 5.74) is 2.71. The quantitative estimate of drug-likeness (QED) is 0.569. The SMILES string of the molecule is CC(C)(C)OC(=O)N(Cc1cc(-c2ccoc2)cc2ccoc12)C1CCCN(C(=O)O)C1. The van der Waals surface area contributed by atoms with E-state index in [9.17, 15) is 14.7 Å². The van der Waals surface area contributed by atoms with Crippen molar-refractivity contribution in [3.63, 3.8) is 0 Å². The van der Waals surface area contributed by atoms with Crippen molar-refractivity contribution < 1.29 is 28.3 Å². The van der Waals surface area contributed by atoms with Gasteiger partial charge in [-0.1, -0.05) is 0 Å². The van der Waals surface area contributed by atoms with E-state index >= 15 is 0 Å². The van der Waals surface area contributed by atoms with Crippen molar-refractivity contribution >= 4 is 23.2 Å². The molecule has 0 spiro atoms. The van der Waals surface area contributed by atoms with Crippen LogP contribution in [0.2, 0.25) is 0 Å². The van der Waals surface area contributed by atoms with Gasteiger partial charge in [0.25, 0.3) is 0 Å². The first-order valence-corrected chi connectivity index (χ1v) is 10.7. The van der Waals surface area contributed by atoms with E-state index in [1.54, 1.807) is 23.7 Å². The summed E-state index contributed by atoms with van der Waals surface area (Å²) in [4.78, 5) is 27.8. The van der Waals surface area contributed by atoms with E-state index in [0.717, 1.165) is 22.1 Å². The standard InChI is InChI=1S/C24H28N2O6/c1-24(2,3)32-23(29)26(20-5-4-8-25(14-20)22(27)28)13-19-12-18(17-6-9-30-15-17)11-16-7-10-31-21(16)19/h6-7,9-12,15,20H,4-5,8,13-14H2,1-3H3,(H,27,28). The van der Waals surface area contributed by atoms with Crippen molar-refractivity contribution in [3.8, 4) is 11.1 Å². The van der Waals surface area contributed by atoms with Gasteiger partial charge in [-0.3, -0.25) is 4.90 Å². The number of carbonyl (C=O) groups excluding carboxylic acids is 1. The predicted molar refractivity (Wildman–Crippen MR) is 118 cm³/mol. The molecule has 1 aromatic carbocycles. The first-order chi connectivity index (χ1) is 15.2. The fourth-order valence-corrected chi connectivity index (χ4v) is 4.10. The number of amides is 2. The Hall–Kier alpha value is -3.42. The van der Waals surface area contributed by atoms with Crippen molar-refractivity contribution in [3.05, 3.63) is 48.6 Å². The average Bonchev–Trinajstić information content (AvgIpc) is 3.42. The first kappa shape index (κ1) is 21.8. The zero-order valence-electron chi connectivity index (χ0n) is 18.5. The van der Waals surface area contributed by atoms with Gasteiger partial charge in [-0.25, -0.2) is 9.59 Å². The van der Waals surface area contributed by atoms with Crippen molar-refractivity contribution in [1.29, 1.82) is 0 Å².